The molecular formula is C17H17N3O5. The third kappa shape index (κ3) is 3.85. The molecular weight excluding hydrogens is 326 g/mol. The summed E-state index contributed by atoms with van der Waals surface area (Å²) in [6.45, 7) is 1.10. The van der Waals surface area contributed by atoms with Crippen LogP contribution in [0.25, 0.3) is 0 Å². The minimum absolute atomic E-state index is 0.0314. The Bertz CT molecular complexity index is 762. The molecule has 8 nitrogen and oxygen atoms in total. The predicted octanol–water partition coefficient (Wildman–Crippen LogP) is 2.22. The number of carbonyl (C=O) groups is 2. The third-order valence-electron chi connectivity index (χ3n) is 4.23. The highest BCUT2D eigenvalue weighted by Gasteiger charge is 2.25. The Kier molecular flexibility index (Phi) is 4.78. The van der Waals surface area contributed by atoms with E-state index < -0.39 is 4.92 Å². The summed E-state index contributed by atoms with van der Waals surface area (Å²) in [5.74, 6) is -0.344. The predicted molar refractivity (Wildman–Crippen MR) is 88.2 cm³/mol. The maximum atomic E-state index is 12.2. The van der Waals surface area contributed by atoms with Crippen molar-refractivity contribution in [2.75, 3.05) is 13.1 Å². The molecule has 0 spiro atoms. The van der Waals surface area contributed by atoms with Crippen LogP contribution in [0.3, 0.4) is 0 Å². The van der Waals surface area contributed by atoms with Crippen LogP contribution >= 0.6 is 0 Å². The fraction of sp³-hybridized carbons (Fsp3) is 0.294. The number of likely N-dealkylation sites (tertiary alicyclic amines) is 1. The van der Waals surface area contributed by atoms with E-state index in [0.29, 0.717) is 37.1 Å². The molecule has 0 bridgehead atoms. The molecule has 0 atom stereocenters. The molecule has 3 rings (SSSR count). The van der Waals surface area contributed by atoms with Crippen LogP contribution in [0.4, 0.5) is 5.69 Å². The van der Waals surface area contributed by atoms with Gasteiger partial charge in [0.05, 0.1) is 16.7 Å². The van der Waals surface area contributed by atoms with Crippen LogP contribution in [0, 0.1) is 10.1 Å². The molecule has 0 unspecified atom stereocenters. The van der Waals surface area contributed by atoms with Crippen molar-refractivity contribution in [1.82, 2.24) is 10.2 Å². The zero-order valence-corrected chi connectivity index (χ0v) is 13.4. The molecule has 25 heavy (non-hydrogen) atoms. The van der Waals surface area contributed by atoms with Gasteiger partial charge in [-0.05, 0) is 31.0 Å². The Morgan fingerprint density at radius 2 is 1.80 bits per heavy atom. The van der Waals surface area contributed by atoms with Crippen LogP contribution in [0.1, 0.15) is 33.6 Å². The summed E-state index contributed by atoms with van der Waals surface area (Å²) in [5.41, 5.74) is 0.846. The number of nitrogens with zero attached hydrogens (tertiary/aromatic N) is 2. The van der Waals surface area contributed by atoms with Gasteiger partial charge in [-0.1, -0.05) is 0 Å². The molecule has 1 fully saturated rings. The summed E-state index contributed by atoms with van der Waals surface area (Å²) in [4.78, 5) is 36.3. The van der Waals surface area contributed by atoms with E-state index in [2.05, 4.69) is 5.32 Å². The SMILES string of the molecule is O=C(NC1CCN(C(=O)c2ccoc2)CC1)c1ccc([N+](=O)[O-])cc1. The fourth-order valence-electron chi connectivity index (χ4n) is 2.80. The van der Waals surface area contributed by atoms with Crippen LogP contribution in [-0.2, 0) is 0 Å². The molecule has 130 valence electrons. The molecule has 1 saturated heterocycles. The first kappa shape index (κ1) is 16.7. The molecule has 2 aromatic rings. The number of hydrogen-bond donors (Lipinski definition) is 1. The summed E-state index contributed by atoms with van der Waals surface area (Å²) in [5, 5.41) is 13.5. The number of non-ortho nitro benzene ring substituents is 1. The van der Waals surface area contributed by atoms with Gasteiger partial charge in [0.1, 0.15) is 6.26 Å². The number of carbonyl (C=O) groups excluding carboxylic acids is 2. The Hall–Kier alpha value is -3.16. The molecule has 0 radical (unpaired) electrons. The van der Waals surface area contributed by atoms with Crippen molar-refractivity contribution >= 4 is 17.5 Å². The summed E-state index contributed by atoms with van der Waals surface area (Å²) in [7, 11) is 0. The van der Waals surface area contributed by atoms with Gasteiger partial charge in [-0.3, -0.25) is 19.7 Å². The van der Waals surface area contributed by atoms with Crippen LogP contribution in [0.2, 0.25) is 0 Å². The Morgan fingerprint density at radius 3 is 2.36 bits per heavy atom. The van der Waals surface area contributed by atoms with Gasteiger partial charge in [0.25, 0.3) is 17.5 Å². The van der Waals surface area contributed by atoms with Crippen molar-refractivity contribution in [2.24, 2.45) is 0 Å². The molecule has 8 heteroatoms. The number of nitrogens with one attached hydrogen (secondary N) is 1. The van der Waals surface area contributed by atoms with Gasteiger partial charge in [0.15, 0.2) is 0 Å². The summed E-state index contributed by atoms with van der Waals surface area (Å²) in [6.07, 6.45) is 4.19. The van der Waals surface area contributed by atoms with E-state index in [-0.39, 0.29) is 23.5 Å². The molecule has 0 saturated carbocycles. The van der Waals surface area contributed by atoms with Gasteiger partial charge in [0, 0.05) is 36.8 Å². The second-order valence-corrected chi connectivity index (χ2v) is 5.86. The molecule has 1 N–H and O–H groups in total. The van der Waals surface area contributed by atoms with E-state index in [1.807, 2.05) is 0 Å². The van der Waals surface area contributed by atoms with E-state index in [1.54, 1.807) is 11.0 Å². The molecule has 2 heterocycles. The van der Waals surface area contributed by atoms with Gasteiger partial charge in [0.2, 0.25) is 0 Å². The topological polar surface area (TPSA) is 106 Å². The van der Waals surface area contributed by atoms with Crippen molar-refractivity contribution in [3.63, 3.8) is 0 Å². The van der Waals surface area contributed by atoms with Crippen LogP contribution < -0.4 is 5.32 Å². The summed E-state index contributed by atoms with van der Waals surface area (Å²) < 4.78 is 4.93. The second-order valence-electron chi connectivity index (χ2n) is 5.86. The number of amides is 2. The van der Waals surface area contributed by atoms with E-state index in [9.17, 15) is 19.7 Å². The maximum absolute atomic E-state index is 12.2. The van der Waals surface area contributed by atoms with E-state index in [4.69, 9.17) is 4.42 Å². The normalized spacial score (nSPS) is 15.0. The average Bonchev–Trinajstić information content (AvgIpc) is 3.16. The first-order valence-corrected chi connectivity index (χ1v) is 7.91. The highest BCUT2D eigenvalue weighted by Crippen LogP contribution is 2.16. The zero-order valence-electron chi connectivity index (χ0n) is 13.4. The number of benzene rings is 1. The highest BCUT2D eigenvalue weighted by atomic mass is 16.6. The molecule has 1 aliphatic heterocycles. The number of nitro benzene ring substituents is 1. The standard InChI is InChI=1S/C17H17N3O5/c21-16(12-1-3-15(4-2-12)20(23)24)18-14-5-8-19(9-6-14)17(22)13-7-10-25-11-13/h1-4,7,10-11,14H,5-6,8-9H2,(H,18,21). The number of hydrogen-bond acceptors (Lipinski definition) is 5. The van der Waals surface area contributed by atoms with Gasteiger partial charge >= 0.3 is 0 Å². The number of piperidine rings is 1. The smallest absolute Gasteiger partial charge is 0.269 e. The average molecular weight is 343 g/mol. The van der Waals surface area contributed by atoms with Gasteiger partial charge in [-0.25, -0.2) is 0 Å². The highest BCUT2D eigenvalue weighted by molar-refractivity contribution is 5.95. The maximum Gasteiger partial charge on any atom is 0.269 e. The molecule has 1 aromatic heterocycles. The first-order valence-electron chi connectivity index (χ1n) is 7.91. The monoisotopic (exact) mass is 343 g/mol. The van der Waals surface area contributed by atoms with E-state index in [1.165, 1.54) is 36.8 Å². The van der Waals surface area contributed by atoms with Gasteiger partial charge in [-0.15, -0.1) is 0 Å². The van der Waals surface area contributed by atoms with Gasteiger partial charge in [-0.2, -0.15) is 0 Å². The first-order chi connectivity index (χ1) is 12.0. The molecule has 1 aromatic carbocycles. The third-order valence-corrected chi connectivity index (χ3v) is 4.23. The second kappa shape index (κ2) is 7.16. The van der Waals surface area contributed by atoms with E-state index in [0.717, 1.165) is 0 Å². The van der Waals surface area contributed by atoms with Crippen LogP contribution in [0.5, 0.6) is 0 Å². The lowest BCUT2D eigenvalue weighted by Crippen LogP contribution is -2.46. The quantitative estimate of drug-likeness (QED) is 0.677. The molecule has 0 aliphatic carbocycles. The number of rotatable bonds is 4. The lowest BCUT2D eigenvalue weighted by Gasteiger charge is -2.32. The summed E-state index contributed by atoms with van der Waals surface area (Å²) in [6, 6.07) is 7.08. The van der Waals surface area contributed by atoms with Crippen LogP contribution in [0.15, 0.2) is 47.3 Å². The van der Waals surface area contributed by atoms with Crippen molar-refractivity contribution in [1.29, 1.82) is 0 Å². The molecule has 2 amide bonds. The summed E-state index contributed by atoms with van der Waals surface area (Å²) >= 11 is 0. The Labute approximate surface area is 143 Å². The van der Waals surface area contributed by atoms with Crippen molar-refractivity contribution < 1.29 is 18.9 Å². The minimum atomic E-state index is -0.506. The van der Waals surface area contributed by atoms with Gasteiger partial charge < -0.3 is 14.6 Å². The fourth-order valence-corrected chi connectivity index (χ4v) is 2.80. The van der Waals surface area contributed by atoms with E-state index >= 15 is 0 Å². The van der Waals surface area contributed by atoms with Crippen molar-refractivity contribution in [2.45, 2.75) is 18.9 Å². The van der Waals surface area contributed by atoms with Crippen molar-refractivity contribution in [3.05, 3.63) is 64.1 Å². The number of nitro groups is 1. The Morgan fingerprint density at radius 1 is 1.12 bits per heavy atom. The molecule has 1 aliphatic rings. The van der Waals surface area contributed by atoms with Crippen LogP contribution in [-0.4, -0.2) is 40.8 Å². The number of furan rings is 1. The lowest BCUT2D eigenvalue weighted by atomic mass is 10.0. The minimum Gasteiger partial charge on any atom is -0.472 e. The van der Waals surface area contributed by atoms with Crippen molar-refractivity contribution in [3.8, 4) is 0 Å². The largest absolute Gasteiger partial charge is 0.472 e. The lowest BCUT2D eigenvalue weighted by molar-refractivity contribution is -0.384. The Balaban J connectivity index is 1.52. The zero-order chi connectivity index (χ0) is 17.8.